The van der Waals surface area contributed by atoms with Crippen molar-refractivity contribution in [3.8, 4) is 5.75 Å². The number of ether oxygens (including phenoxy) is 1. The average molecular weight is 409 g/mol. The van der Waals surface area contributed by atoms with Crippen molar-refractivity contribution in [1.82, 2.24) is 4.90 Å². The molecule has 1 aliphatic heterocycles. The summed E-state index contributed by atoms with van der Waals surface area (Å²) in [6, 6.07) is 9.28. The van der Waals surface area contributed by atoms with Gasteiger partial charge >= 0.3 is 0 Å². The van der Waals surface area contributed by atoms with E-state index in [1.54, 1.807) is 28.4 Å². The van der Waals surface area contributed by atoms with Crippen molar-refractivity contribution in [2.45, 2.75) is 19.4 Å². The largest absolute Gasteiger partial charge is 0.489 e. The lowest BCUT2D eigenvalue weighted by Crippen LogP contribution is -2.33. The molecule has 0 atom stereocenters. The van der Waals surface area contributed by atoms with Gasteiger partial charge in [0.25, 0.3) is 0 Å². The minimum absolute atomic E-state index is 0.0455. The molecule has 0 aliphatic carbocycles. The van der Waals surface area contributed by atoms with Crippen molar-refractivity contribution in [3.63, 3.8) is 0 Å². The number of hydrogen-bond acceptors (Lipinski definition) is 4. The van der Waals surface area contributed by atoms with E-state index in [1.807, 2.05) is 23.6 Å². The molecule has 3 rings (SSSR count). The first-order valence-electron chi connectivity index (χ1n) is 7.63. The second-order valence-electron chi connectivity index (χ2n) is 5.54. The second kappa shape index (κ2) is 7.81. The predicted molar refractivity (Wildman–Crippen MR) is 97.2 cm³/mol. The van der Waals surface area contributed by atoms with Gasteiger partial charge in [-0.25, -0.2) is 0 Å². The van der Waals surface area contributed by atoms with Crippen LogP contribution >= 0.6 is 27.3 Å². The Hall–Kier alpha value is -1.86. The lowest BCUT2D eigenvalue weighted by Gasteiger charge is -2.15. The average Bonchev–Trinajstić information content (AvgIpc) is 3.14. The highest BCUT2D eigenvalue weighted by molar-refractivity contribution is 9.11. The number of hydrogen-bond donors (Lipinski definition) is 1. The van der Waals surface area contributed by atoms with E-state index in [0.29, 0.717) is 31.0 Å². The standard InChI is InChI=1S/C17H17BrN2O3S/c18-15-7-12(11-24-15)10-23-14-4-1-3-13(8-14)19-16(21)9-20-6-2-5-17(20)22/h1,3-4,7-8,11H,2,5-6,9-10H2,(H,19,21). The van der Waals surface area contributed by atoms with Crippen molar-refractivity contribution in [2.75, 3.05) is 18.4 Å². The number of anilines is 1. The van der Waals surface area contributed by atoms with Crippen LogP contribution in [-0.4, -0.2) is 29.8 Å². The Labute approximate surface area is 152 Å². The van der Waals surface area contributed by atoms with Crippen molar-refractivity contribution in [1.29, 1.82) is 0 Å². The molecule has 0 bridgehead atoms. The van der Waals surface area contributed by atoms with Gasteiger partial charge in [0.1, 0.15) is 12.4 Å². The van der Waals surface area contributed by atoms with Crippen LogP contribution in [0.2, 0.25) is 0 Å². The van der Waals surface area contributed by atoms with Gasteiger partial charge in [0, 0.05) is 30.3 Å². The number of carbonyl (C=O) groups is 2. The van der Waals surface area contributed by atoms with E-state index < -0.39 is 0 Å². The number of amides is 2. The lowest BCUT2D eigenvalue weighted by molar-refractivity contribution is -0.131. The molecular formula is C17H17BrN2O3S. The number of carbonyl (C=O) groups excluding carboxylic acids is 2. The smallest absolute Gasteiger partial charge is 0.243 e. The maximum Gasteiger partial charge on any atom is 0.243 e. The fourth-order valence-electron chi connectivity index (χ4n) is 2.50. The van der Waals surface area contributed by atoms with Crippen LogP contribution < -0.4 is 10.1 Å². The molecule has 24 heavy (non-hydrogen) atoms. The first-order valence-corrected chi connectivity index (χ1v) is 9.31. The summed E-state index contributed by atoms with van der Waals surface area (Å²) in [4.78, 5) is 25.2. The second-order valence-corrected chi connectivity index (χ2v) is 7.83. The molecule has 2 amide bonds. The molecule has 0 saturated carbocycles. The van der Waals surface area contributed by atoms with E-state index in [2.05, 4.69) is 21.2 Å². The molecule has 0 spiro atoms. The Morgan fingerprint density at radius 3 is 2.96 bits per heavy atom. The number of thiophene rings is 1. The number of nitrogens with one attached hydrogen (secondary N) is 1. The summed E-state index contributed by atoms with van der Waals surface area (Å²) in [6.45, 7) is 1.24. The molecule has 1 aromatic heterocycles. The van der Waals surface area contributed by atoms with Crippen molar-refractivity contribution in [3.05, 3.63) is 45.1 Å². The molecule has 7 heteroatoms. The monoisotopic (exact) mass is 408 g/mol. The number of nitrogens with zero attached hydrogens (tertiary/aromatic N) is 1. The number of likely N-dealkylation sites (tertiary alicyclic amines) is 1. The number of halogens is 1. The van der Waals surface area contributed by atoms with Crippen LogP contribution in [0.3, 0.4) is 0 Å². The van der Waals surface area contributed by atoms with Crippen LogP contribution in [0.15, 0.2) is 39.5 Å². The minimum atomic E-state index is -0.191. The summed E-state index contributed by atoms with van der Waals surface area (Å²) in [6.07, 6.45) is 1.36. The van der Waals surface area contributed by atoms with E-state index in [9.17, 15) is 9.59 Å². The molecule has 1 fully saturated rings. The first-order chi connectivity index (χ1) is 11.6. The van der Waals surface area contributed by atoms with E-state index in [1.165, 1.54) is 0 Å². The van der Waals surface area contributed by atoms with Gasteiger partial charge in [0.05, 0.1) is 10.3 Å². The Kier molecular flexibility index (Phi) is 5.52. The zero-order valence-electron chi connectivity index (χ0n) is 13.0. The summed E-state index contributed by atoms with van der Waals surface area (Å²) in [5, 5.41) is 4.84. The molecule has 1 saturated heterocycles. The molecule has 0 unspecified atom stereocenters. The Morgan fingerprint density at radius 1 is 1.38 bits per heavy atom. The highest BCUT2D eigenvalue weighted by Crippen LogP contribution is 2.23. The molecule has 1 aromatic carbocycles. The summed E-state index contributed by atoms with van der Waals surface area (Å²) in [5.41, 5.74) is 1.75. The quantitative estimate of drug-likeness (QED) is 0.793. The third-order valence-electron chi connectivity index (χ3n) is 3.65. The summed E-state index contributed by atoms with van der Waals surface area (Å²) in [7, 11) is 0. The van der Waals surface area contributed by atoms with Gasteiger partial charge in [0.2, 0.25) is 11.8 Å². The van der Waals surface area contributed by atoms with Crippen LogP contribution in [-0.2, 0) is 16.2 Å². The fraction of sp³-hybridized carbons (Fsp3) is 0.294. The van der Waals surface area contributed by atoms with Gasteiger partial charge in [-0.1, -0.05) is 6.07 Å². The molecule has 2 heterocycles. The topological polar surface area (TPSA) is 58.6 Å². The lowest BCUT2D eigenvalue weighted by atomic mass is 10.3. The molecule has 0 radical (unpaired) electrons. The van der Waals surface area contributed by atoms with Gasteiger partial charge in [-0.05, 0) is 45.9 Å². The zero-order chi connectivity index (χ0) is 16.9. The first kappa shape index (κ1) is 17.0. The van der Waals surface area contributed by atoms with Crippen LogP contribution in [0.4, 0.5) is 5.69 Å². The number of rotatable bonds is 6. The SMILES string of the molecule is O=C(CN1CCCC1=O)Nc1cccc(OCc2csc(Br)c2)c1. The van der Waals surface area contributed by atoms with Crippen molar-refractivity contribution < 1.29 is 14.3 Å². The minimum Gasteiger partial charge on any atom is -0.489 e. The highest BCUT2D eigenvalue weighted by atomic mass is 79.9. The molecule has 1 N–H and O–H groups in total. The van der Waals surface area contributed by atoms with Gasteiger partial charge in [0.15, 0.2) is 0 Å². The van der Waals surface area contributed by atoms with Crippen LogP contribution in [0, 0.1) is 0 Å². The highest BCUT2D eigenvalue weighted by Gasteiger charge is 2.22. The predicted octanol–water partition coefficient (Wildman–Crippen LogP) is 3.65. The van der Waals surface area contributed by atoms with Crippen molar-refractivity contribution in [2.24, 2.45) is 0 Å². The van der Waals surface area contributed by atoms with Crippen molar-refractivity contribution >= 4 is 44.8 Å². The van der Waals surface area contributed by atoms with Crippen LogP contribution in [0.5, 0.6) is 5.75 Å². The van der Waals surface area contributed by atoms with Gasteiger partial charge < -0.3 is 15.0 Å². The molecule has 5 nitrogen and oxygen atoms in total. The zero-order valence-corrected chi connectivity index (χ0v) is 15.4. The Morgan fingerprint density at radius 2 is 2.25 bits per heavy atom. The summed E-state index contributed by atoms with van der Waals surface area (Å²) in [5.74, 6) is 0.542. The van der Waals surface area contributed by atoms with E-state index in [-0.39, 0.29) is 18.4 Å². The Balaban J connectivity index is 1.54. The maximum atomic E-state index is 12.1. The van der Waals surface area contributed by atoms with Gasteiger partial charge in [-0.3, -0.25) is 9.59 Å². The van der Waals surface area contributed by atoms with E-state index >= 15 is 0 Å². The fourth-order valence-corrected chi connectivity index (χ4v) is 3.69. The third kappa shape index (κ3) is 4.58. The van der Waals surface area contributed by atoms with Crippen LogP contribution in [0.1, 0.15) is 18.4 Å². The van der Waals surface area contributed by atoms with Gasteiger partial charge in [-0.15, -0.1) is 11.3 Å². The number of benzene rings is 1. The normalized spacial score (nSPS) is 14.0. The maximum absolute atomic E-state index is 12.1. The molecule has 2 aromatic rings. The Bertz CT molecular complexity index is 747. The summed E-state index contributed by atoms with van der Waals surface area (Å²) >= 11 is 5.04. The van der Waals surface area contributed by atoms with Gasteiger partial charge in [-0.2, -0.15) is 0 Å². The molecule has 126 valence electrons. The van der Waals surface area contributed by atoms with E-state index in [4.69, 9.17) is 4.74 Å². The molecule has 1 aliphatic rings. The van der Waals surface area contributed by atoms with Crippen LogP contribution in [0.25, 0.3) is 0 Å². The third-order valence-corrected chi connectivity index (χ3v) is 5.20. The summed E-state index contributed by atoms with van der Waals surface area (Å²) < 4.78 is 6.82. The molecular weight excluding hydrogens is 392 g/mol. The van der Waals surface area contributed by atoms with E-state index in [0.717, 1.165) is 15.8 Å².